The van der Waals surface area contributed by atoms with Gasteiger partial charge in [0.2, 0.25) is 11.9 Å². The van der Waals surface area contributed by atoms with E-state index in [4.69, 9.17) is 15.5 Å². The minimum Gasteiger partial charge on any atom is -0.421 e. The maximum absolute atomic E-state index is 14.5. The first-order chi connectivity index (χ1) is 17.9. The fourth-order valence-electron chi connectivity index (χ4n) is 5.61. The van der Waals surface area contributed by atoms with Crippen molar-refractivity contribution in [1.82, 2.24) is 24.9 Å². The summed E-state index contributed by atoms with van der Waals surface area (Å²) in [5.41, 5.74) is 8.51. The zero-order valence-electron chi connectivity index (χ0n) is 20.3. The molecule has 37 heavy (non-hydrogen) atoms. The van der Waals surface area contributed by atoms with Crippen LogP contribution in [0.15, 0.2) is 24.5 Å². The summed E-state index contributed by atoms with van der Waals surface area (Å²) in [7, 11) is 1.75. The van der Waals surface area contributed by atoms with E-state index in [0.29, 0.717) is 53.7 Å². The molecule has 0 unspecified atom stereocenters. The first-order valence-corrected chi connectivity index (χ1v) is 12.5. The predicted molar refractivity (Wildman–Crippen MR) is 136 cm³/mol. The monoisotopic (exact) mass is 503 g/mol. The van der Waals surface area contributed by atoms with Gasteiger partial charge in [-0.2, -0.15) is 9.97 Å². The fourth-order valence-corrected chi connectivity index (χ4v) is 5.61. The first-order valence-electron chi connectivity index (χ1n) is 12.5. The Morgan fingerprint density at radius 2 is 2.05 bits per heavy atom. The smallest absolute Gasteiger partial charge is 0.326 e. The average molecular weight is 504 g/mol. The molecule has 0 radical (unpaired) electrons. The summed E-state index contributed by atoms with van der Waals surface area (Å²) in [6, 6.07) is 3.10. The summed E-state index contributed by atoms with van der Waals surface area (Å²) in [5.74, 6) is 1.01. The molecule has 4 aromatic rings. The van der Waals surface area contributed by atoms with Crippen molar-refractivity contribution in [2.24, 2.45) is 11.1 Å². The Labute approximate surface area is 211 Å². The van der Waals surface area contributed by atoms with Crippen molar-refractivity contribution >= 4 is 45.3 Å². The number of amides is 1. The third-order valence-corrected chi connectivity index (χ3v) is 7.79. The van der Waals surface area contributed by atoms with Crippen LogP contribution in [0.25, 0.3) is 21.9 Å². The van der Waals surface area contributed by atoms with Crippen molar-refractivity contribution in [1.29, 1.82) is 0 Å². The molecular formula is C25H26FN9O2. The molecule has 5 heterocycles. The molecule has 7 rings (SSSR count). The van der Waals surface area contributed by atoms with E-state index >= 15 is 0 Å². The summed E-state index contributed by atoms with van der Waals surface area (Å²) >= 11 is 0. The second-order valence-corrected chi connectivity index (χ2v) is 10.1. The highest BCUT2D eigenvalue weighted by Gasteiger charge is 2.54. The molecule has 12 heteroatoms. The van der Waals surface area contributed by atoms with E-state index in [1.807, 2.05) is 0 Å². The molecule has 0 bridgehead atoms. The number of nitrogens with one attached hydrogen (secondary N) is 2. The second-order valence-electron chi connectivity index (χ2n) is 10.1. The SMILES string of the molecule is CNc1cc(F)cc2c1[nH]c1nc(Oc3cnc(N4CCCC4=O)nc3)nc(N3C[C@H](N)C4(CC4)C3)c12. The highest BCUT2D eigenvalue weighted by Crippen LogP contribution is 2.53. The van der Waals surface area contributed by atoms with Crippen LogP contribution in [0, 0.1) is 11.2 Å². The van der Waals surface area contributed by atoms with E-state index in [1.165, 1.54) is 24.5 Å². The Morgan fingerprint density at radius 3 is 2.73 bits per heavy atom. The lowest BCUT2D eigenvalue weighted by atomic mass is 10.0. The van der Waals surface area contributed by atoms with Gasteiger partial charge in [0.15, 0.2) is 5.75 Å². The van der Waals surface area contributed by atoms with E-state index in [9.17, 15) is 9.18 Å². The summed E-state index contributed by atoms with van der Waals surface area (Å²) in [6.07, 6.45) is 6.50. The molecule has 1 aromatic carbocycles. The molecule has 190 valence electrons. The number of H-pyrrole nitrogens is 1. The lowest BCUT2D eigenvalue weighted by Gasteiger charge is -2.19. The van der Waals surface area contributed by atoms with Gasteiger partial charge in [0.1, 0.15) is 17.3 Å². The number of fused-ring (bicyclic) bond motifs is 3. The summed E-state index contributed by atoms with van der Waals surface area (Å²) in [5, 5.41) is 4.46. The van der Waals surface area contributed by atoms with Crippen LogP contribution in [-0.2, 0) is 4.79 Å². The molecular weight excluding hydrogens is 477 g/mol. The number of carbonyl (C=O) groups is 1. The van der Waals surface area contributed by atoms with E-state index < -0.39 is 0 Å². The molecule has 3 aromatic heterocycles. The fraction of sp³-hybridized carbons (Fsp3) is 0.400. The van der Waals surface area contributed by atoms with Crippen LogP contribution in [0.1, 0.15) is 25.7 Å². The van der Waals surface area contributed by atoms with Crippen LogP contribution >= 0.6 is 0 Å². The van der Waals surface area contributed by atoms with Crippen LogP contribution in [0.4, 0.5) is 21.8 Å². The molecule has 2 saturated heterocycles. The van der Waals surface area contributed by atoms with Gasteiger partial charge in [0, 0.05) is 49.9 Å². The number of rotatable bonds is 5. The van der Waals surface area contributed by atoms with Crippen molar-refractivity contribution in [2.75, 3.05) is 41.8 Å². The zero-order chi connectivity index (χ0) is 25.3. The molecule has 1 amide bonds. The van der Waals surface area contributed by atoms with Gasteiger partial charge >= 0.3 is 6.01 Å². The lowest BCUT2D eigenvalue weighted by Crippen LogP contribution is -2.30. The lowest BCUT2D eigenvalue weighted by molar-refractivity contribution is -0.117. The van der Waals surface area contributed by atoms with Crippen LogP contribution in [0.3, 0.4) is 0 Å². The molecule has 1 aliphatic carbocycles. The normalized spacial score (nSPS) is 20.5. The number of benzene rings is 1. The Hall–Kier alpha value is -4.06. The van der Waals surface area contributed by atoms with Gasteiger partial charge in [0.05, 0.1) is 29.0 Å². The number of nitrogens with two attached hydrogens (primary N) is 1. The van der Waals surface area contributed by atoms with Gasteiger partial charge in [-0.1, -0.05) is 0 Å². The minimum absolute atomic E-state index is 0.0144. The quantitative estimate of drug-likeness (QED) is 0.375. The number of hydrogen-bond donors (Lipinski definition) is 3. The van der Waals surface area contributed by atoms with E-state index in [2.05, 4.69) is 30.2 Å². The second kappa shape index (κ2) is 7.97. The molecule has 1 saturated carbocycles. The van der Waals surface area contributed by atoms with Crippen LogP contribution in [0.2, 0.25) is 0 Å². The van der Waals surface area contributed by atoms with Crippen molar-refractivity contribution in [3.05, 3.63) is 30.3 Å². The van der Waals surface area contributed by atoms with E-state index in [0.717, 1.165) is 36.7 Å². The number of aromatic amines is 1. The number of halogens is 1. The highest BCUT2D eigenvalue weighted by atomic mass is 19.1. The predicted octanol–water partition coefficient (Wildman–Crippen LogP) is 2.93. The number of nitrogens with zero attached hydrogens (tertiary/aromatic N) is 6. The Kier molecular flexibility index (Phi) is 4.77. The summed E-state index contributed by atoms with van der Waals surface area (Å²) < 4.78 is 20.5. The van der Waals surface area contributed by atoms with E-state index in [1.54, 1.807) is 11.9 Å². The third kappa shape index (κ3) is 3.54. The van der Waals surface area contributed by atoms with Crippen molar-refractivity contribution in [3.63, 3.8) is 0 Å². The standard InChI is InChI=1S/C25H26FN9O2/c1-28-16-8-13(26)7-15-19-21(31-20(15)16)32-24(33-22(19)34-11-17(27)25(12-34)4-5-25)37-14-9-29-23(30-10-14)35-6-2-3-18(35)36/h7-10,17,28H,2-6,11-12,27H2,1H3,(H,31,32,33)/t17-/m0/s1. The largest absolute Gasteiger partial charge is 0.421 e. The first kappa shape index (κ1) is 22.2. The van der Waals surface area contributed by atoms with Gasteiger partial charge in [-0.05, 0) is 31.4 Å². The third-order valence-electron chi connectivity index (χ3n) is 7.79. The summed E-state index contributed by atoms with van der Waals surface area (Å²) in [4.78, 5) is 37.0. The van der Waals surface area contributed by atoms with Gasteiger partial charge in [-0.25, -0.2) is 14.4 Å². The minimum atomic E-state index is -0.352. The molecule has 2 aliphatic heterocycles. The van der Waals surface area contributed by atoms with Crippen LogP contribution in [-0.4, -0.2) is 63.6 Å². The van der Waals surface area contributed by atoms with E-state index in [-0.39, 0.29) is 29.2 Å². The topological polar surface area (TPSA) is 138 Å². The molecule has 1 spiro atoms. The number of ether oxygens (including phenoxy) is 1. The molecule has 3 aliphatic rings. The maximum atomic E-state index is 14.5. The van der Waals surface area contributed by atoms with Gasteiger partial charge in [-0.3, -0.25) is 9.69 Å². The molecule has 3 fully saturated rings. The number of hydrogen-bond acceptors (Lipinski definition) is 9. The van der Waals surface area contributed by atoms with Gasteiger partial charge in [-0.15, -0.1) is 0 Å². The number of anilines is 3. The maximum Gasteiger partial charge on any atom is 0.326 e. The summed E-state index contributed by atoms with van der Waals surface area (Å²) in [6.45, 7) is 2.04. The van der Waals surface area contributed by atoms with Crippen LogP contribution in [0.5, 0.6) is 11.8 Å². The van der Waals surface area contributed by atoms with Crippen LogP contribution < -0.4 is 25.6 Å². The molecule has 1 atom stereocenters. The average Bonchev–Trinajstić information content (AvgIpc) is 3.22. The highest BCUT2D eigenvalue weighted by molar-refractivity contribution is 6.14. The number of carbonyl (C=O) groups excluding carboxylic acids is 1. The Morgan fingerprint density at radius 1 is 1.24 bits per heavy atom. The van der Waals surface area contributed by atoms with Crippen molar-refractivity contribution < 1.29 is 13.9 Å². The zero-order valence-corrected chi connectivity index (χ0v) is 20.3. The van der Waals surface area contributed by atoms with Gasteiger partial charge in [0.25, 0.3) is 0 Å². The molecule has 11 nitrogen and oxygen atoms in total. The Balaban J connectivity index is 1.31. The Bertz CT molecular complexity index is 1550. The number of aromatic nitrogens is 5. The van der Waals surface area contributed by atoms with Gasteiger partial charge < -0.3 is 25.7 Å². The van der Waals surface area contributed by atoms with Crippen molar-refractivity contribution in [2.45, 2.75) is 31.7 Å². The molecule has 4 N–H and O–H groups in total. The van der Waals surface area contributed by atoms with Crippen molar-refractivity contribution in [3.8, 4) is 11.8 Å².